The molecule has 5 rings (SSSR count). The molecule has 3 aromatic carbocycles. The molecule has 0 N–H and O–H groups in total. The zero-order valence-corrected chi connectivity index (χ0v) is 22.5. The SMILES string of the molecule is CCOC(=O)Cn1c(C)c(C=Nc2oc(-c3ccc(C)cc3)c(-c3ccc(C)cc3)c2C#N)c2ccccc21. The van der Waals surface area contributed by atoms with Crippen molar-refractivity contribution in [2.45, 2.75) is 34.2 Å². The molecule has 5 aromatic rings. The minimum Gasteiger partial charge on any atom is -0.465 e. The molecule has 0 saturated heterocycles. The molecule has 0 saturated carbocycles. The van der Waals surface area contributed by atoms with Crippen molar-refractivity contribution in [2.24, 2.45) is 4.99 Å². The van der Waals surface area contributed by atoms with Gasteiger partial charge in [0.2, 0.25) is 5.88 Å². The summed E-state index contributed by atoms with van der Waals surface area (Å²) in [5.41, 5.74) is 7.75. The Labute approximate surface area is 227 Å². The van der Waals surface area contributed by atoms with Crippen LogP contribution in [0.15, 0.2) is 82.2 Å². The Bertz CT molecular complexity index is 1730. The van der Waals surface area contributed by atoms with E-state index in [4.69, 9.17) is 14.1 Å². The third-order valence-corrected chi connectivity index (χ3v) is 6.84. The van der Waals surface area contributed by atoms with Crippen LogP contribution in [0.1, 0.15) is 34.9 Å². The number of esters is 1. The average Bonchev–Trinajstić information content (AvgIpc) is 3.43. The molecule has 0 bridgehead atoms. The lowest BCUT2D eigenvalue weighted by Crippen LogP contribution is -2.14. The lowest BCUT2D eigenvalue weighted by molar-refractivity contribution is -0.143. The Hall–Kier alpha value is -4.89. The first-order valence-electron chi connectivity index (χ1n) is 12.9. The van der Waals surface area contributed by atoms with Gasteiger partial charge < -0.3 is 13.7 Å². The number of furan rings is 1. The van der Waals surface area contributed by atoms with Gasteiger partial charge in [-0.25, -0.2) is 4.99 Å². The number of hydrogen-bond donors (Lipinski definition) is 0. The summed E-state index contributed by atoms with van der Waals surface area (Å²) in [5.74, 6) is 0.544. The van der Waals surface area contributed by atoms with Gasteiger partial charge in [-0.15, -0.1) is 0 Å². The number of rotatable bonds is 7. The molecule has 2 aromatic heterocycles. The average molecular weight is 516 g/mol. The molecule has 2 heterocycles. The Balaban J connectivity index is 1.65. The quantitative estimate of drug-likeness (QED) is 0.164. The normalized spacial score (nSPS) is 11.3. The topological polar surface area (TPSA) is 80.5 Å². The van der Waals surface area contributed by atoms with Crippen molar-refractivity contribution < 1.29 is 13.9 Å². The number of carbonyl (C=O) groups is 1. The maximum Gasteiger partial charge on any atom is 0.325 e. The number of nitrogens with zero attached hydrogens (tertiary/aromatic N) is 3. The molecule has 0 aliphatic heterocycles. The van der Waals surface area contributed by atoms with Crippen LogP contribution in [0.3, 0.4) is 0 Å². The smallest absolute Gasteiger partial charge is 0.325 e. The monoisotopic (exact) mass is 515 g/mol. The highest BCUT2D eigenvalue weighted by Gasteiger charge is 2.23. The fourth-order valence-corrected chi connectivity index (χ4v) is 4.80. The standard InChI is InChI=1S/C33H29N3O3/c1-5-38-30(37)20-36-23(4)28(26-8-6-7-9-29(26)36)19-35-33-27(18-34)31(24-14-10-21(2)11-15-24)32(39-33)25-16-12-22(3)13-17-25/h6-17,19H,5,20H2,1-4H3. The lowest BCUT2D eigenvalue weighted by atomic mass is 9.97. The minimum atomic E-state index is -0.298. The number of aryl methyl sites for hydroxylation is 2. The summed E-state index contributed by atoms with van der Waals surface area (Å²) in [5, 5.41) is 11.2. The zero-order valence-electron chi connectivity index (χ0n) is 22.5. The van der Waals surface area contributed by atoms with Gasteiger partial charge in [-0.2, -0.15) is 5.26 Å². The maximum absolute atomic E-state index is 12.3. The number of aliphatic imine (C=N–C) groups is 1. The van der Waals surface area contributed by atoms with Gasteiger partial charge in [-0.05, 0) is 39.3 Å². The van der Waals surface area contributed by atoms with Gasteiger partial charge in [0.15, 0.2) is 0 Å². The number of benzene rings is 3. The van der Waals surface area contributed by atoms with E-state index >= 15 is 0 Å². The van der Waals surface area contributed by atoms with Crippen LogP contribution in [0.5, 0.6) is 0 Å². The van der Waals surface area contributed by atoms with Crippen molar-refractivity contribution in [3.05, 3.63) is 101 Å². The number of hydrogen-bond acceptors (Lipinski definition) is 5. The van der Waals surface area contributed by atoms with Gasteiger partial charge in [0.05, 0.1) is 6.61 Å². The zero-order chi connectivity index (χ0) is 27.5. The van der Waals surface area contributed by atoms with Crippen molar-refractivity contribution >= 4 is 29.0 Å². The summed E-state index contributed by atoms with van der Waals surface area (Å²) in [4.78, 5) is 17.0. The summed E-state index contributed by atoms with van der Waals surface area (Å²) in [6, 6.07) is 26.3. The molecular formula is C33H29N3O3. The van der Waals surface area contributed by atoms with E-state index in [1.54, 1.807) is 13.1 Å². The number of para-hydroxylation sites is 1. The summed E-state index contributed by atoms with van der Waals surface area (Å²) >= 11 is 0. The predicted octanol–water partition coefficient (Wildman–Crippen LogP) is 7.68. The van der Waals surface area contributed by atoms with Crippen LogP contribution in [0.25, 0.3) is 33.4 Å². The Morgan fingerprint density at radius 3 is 2.26 bits per heavy atom. The Morgan fingerprint density at radius 1 is 0.974 bits per heavy atom. The molecule has 6 heteroatoms. The highest BCUT2D eigenvalue weighted by molar-refractivity contribution is 6.02. The first-order valence-corrected chi connectivity index (χ1v) is 12.9. The van der Waals surface area contributed by atoms with E-state index in [-0.39, 0.29) is 18.4 Å². The molecule has 0 spiro atoms. The number of ether oxygens (including phenoxy) is 1. The van der Waals surface area contributed by atoms with E-state index in [9.17, 15) is 10.1 Å². The first kappa shape index (κ1) is 25.7. The summed E-state index contributed by atoms with van der Waals surface area (Å²) < 4.78 is 13.4. The molecule has 0 unspecified atom stereocenters. The highest BCUT2D eigenvalue weighted by atomic mass is 16.5. The lowest BCUT2D eigenvalue weighted by Gasteiger charge is -2.07. The third kappa shape index (κ3) is 4.99. The van der Waals surface area contributed by atoms with Gasteiger partial charge in [-0.1, -0.05) is 77.9 Å². The van der Waals surface area contributed by atoms with E-state index in [0.717, 1.165) is 50.0 Å². The molecular weight excluding hydrogens is 486 g/mol. The van der Waals surface area contributed by atoms with Crippen LogP contribution in [-0.4, -0.2) is 23.4 Å². The van der Waals surface area contributed by atoms with E-state index in [1.165, 1.54) is 0 Å². The summed E-state index contributed by atoms with van der Waals surface area (Å²) in [7, 11) is 0. The second-order valence-electron chi connectivity index (χ2n) is 9.50. The Morgan fingerprint density at radius 2 is 1.62 bits per heavy atom. The number of nitriles is 1. The molecule has 0 aliphatic rings. The fourth-order valence-electron chi connectivity index (χ4n) is 4.80. The van der Waals surface area contributed by atoms with Crippen LogP contribution < -0.4 is 0 Å². The van der Waals surface area contributed by atoms with E-state index in [0.29, 0.717) is 17.9 Å². The van der Waals surface area contributed by atoms with E-state index in [2.05, 4.69) is 6.07 Å². The van der Waals surface area contributed by atoms with Crippen molar-refractivity contribution in [3.63, 3.8) is 0 Å². The second-order valence-corrected chi connectivity index (χ2v) is 9.50. The number of aromatic nitrogens is 1. The molecule has 194 valence electrons. The third-order valence-electron chi connectivity index (χ3n) is 6.84. The molecule has 0 fully saturated rings. The molecule has 0 radical (unpaired) electrons. The van der Waals surface area contributed by atoms with Crippen molar-refractivity contribution in [2.75, 3.05) is 6.61 Å². The van der Waals surface area contributed by atoms with Gasteiger partial charge >= 0.3 is 5.97 Å². The van der Waals surface area contributed by atoms with Crippen LogP contribution in [0, 0.1) is 32.1 Å². The fraction of sp³-hybridized carbons (Fsp3) is 0.182. The number of carbonyl (C=O) groups excluding carboxylic acids is 1. The van der Waals surface area contributed by atoms with Crippen molar-refractivity contribution in [1.29, 1.82) is 5.26 Å². The van der Waals surface area contributed by atoms with Crippen LogP contribution in [0.4, 0.5) is 5.88 Å². The molecule has 0 aliphatic carbocycles. The molecule has 39 heavy (non-hydrogen) atoms. The van der Waals surface area contributed by atoms with Crippen LogP contribution >= 0.6 is 0 Å². The van der Waals surface area contributed by atoms with Gasteiger partial charge in [0.25, 0.3) is 0 Å². The highest BCUT2D eigenvalue weighted by Crippen LogP contribution is 2.42. The molecule has 0 atom stereocenters. The first-order chi connectivity index (χ1) is 18.9. The van der Waals surface area contributed by atoms with E-state index in [1.807, 2.05) is 98.1 Å². The molecule has 6 nitrogen and oxygen atoms in total. The van der Waals surface area contributed by atoms with Crippen molar-refractivity contribution in [1.82, 2.24) is 4.57 Å². The summed E-state index contributed by atoms with van der Waals surface area (Å²) in [6.07, 6.45) is 1.72. The second kappa shape index (κ2) is 10.8. The van der Waals surface area contributed by atoms with Gasteiger partial charge in [-0.3, -0.25) is 4.79 Å². The van der Waals surface area contributed by atoms with E-state index < -0.39 is 0 Å². The molecule has 0 amide bonds. The van der Waals surface area contributed by atoms with Gasteiger partial charge in [0, 0.05) is 39.5 Å². The minimum absolute atomic E-state index is 0.105. The van der Waals surface area contributed by atoms with Crippen LogP contribution in [-0.2, 0) is 16.1 Å². The maximum atomic E-state index is 12.3. The largest absolute Gasteiger partial charge is 0.465 e. The van der Waals surface area contributed by atoms with Gasteiger partial charge in [0.1, 0.15) is 23.9 Å². The van der Waals surface area contributed by atoms with Crippen molar-refractivity contribution in [3.8, 4) is 28.5 Å². The summed E-state index contributed by atoms with van der Waals surface area (Å²) in [6.45, 7) is 8.23. The Kier molecular flexibility index (Phi) is 7.16. The van der Waals surface area contributed by atoms with Crippen LogP contribution in [0.2, 0.25) is 0 Å². The number of fused-ring (bicyclic) bond motifs is 1. The predicted molar refractivity (Wildman–Crippen MR) is 154 cm³/mol.